The fourth-order valence-electron chi connectivity index (χ4n) is 1.96. The van der Waals surface area contributed by atoms with Crippen molar-refractivity contribution in [2.45, 2.75) is 44.7 Å². The summed E-state index contributed by atoms with van der Waals surface area (Å²) in [6.45, 7) is 0.766. The van der Waals surface area contributed by atoms with Crippen LogP contribution in [0.1, 0.15) is 26.7 Å². The van der Waals surface area contributed by atoms with Gasteiger partial charge < -0.3 is 0 Å². The summed E-state index contributed by atoms with van der Waals surface area (Å²) in [7, 11) is 0. The van der Waals surface area contributed by atoms with Gasteiger partial charge in [-0.05, 0) is 13.3 Å². The van der Waals surface area contributed by atoms with Crippen molar-refractivity contribution in [2.24, 2.45) is 11.3 Å². The molecule has 1 aliphatic carbocycles. The third-order valence-corrected chi connectivity index (χ3v) is 3.48. The van der Waals surface area contributed by atoms with Gasteiger partial charge in [0.05, 0.1) is 0 Å². The second kappa shape index (κ2) is 3.26. The molecule has 0 radical (unpaired) electrons. The summed E-state index contributed by atoms with van der Waals surface area (Å²) in [6, 6.07) is 0. The molecule has 0 aromatic heterocycles. The highest BCUT2D eigenvalue weighted by Crippen LogP contribution is 2.64. The van der Waals surface area contributed by atoms with Gasteiger partial charge in [0.15, 0.2) is 5.41 Å². The Kier molecular flexibility index (Phi) is 2.76. The fraction of sp³-hybridized carbons (Fsp3) is 1.00. The Morgan fingerprint density at radius 1 is 1.06 bits per heavy atom. The molecule has 0 amide bonds. The van der Waals surface area contributed by atoms with Crippen LogP contribution in [0.2, 0.25) is 0 Å². The van der Waals surface area contributed by atoms with Gasteiger partial charge in [-0.2, -0.15) is 13.2 Å². The van der Waals surface area contributed by atoms with E-state index in [0.29, 0.717) is 0 Å². The minimum absolute atomic E-state index is 0.0946. The van der Waals surface area contributed by atoms with Crippen molar-refractivity contribution in [3.8, 4) is 0 Å². The Hall–Kier alpha value is -0.490. The van der Waals surface area contributed by atoms with E-state index in [0.717, 1.165) is 6.92 Å². The maximum atomic E-state index is 13.4. The van der Waals surface area contributed by atoms with E-state index in [9.17, 15) is 30.7 Å². The Morgan fingerprint density at radius 2 is 1.50 bits per heavy atom. The number of hydrogen-bond acceptors (Lipinski definition) is 0. The van der Waals surface area contributed by atoms with Crippen LogP contribution in [0.25, 0.3) is 0 Å². The van der Waals surface area contributed by atoms with Crippen LogP contribution in [0.15, 0.2) is 0 Å². The van der Waals surface area contributed by atoms with Gasteiger partial charge in [-0.3, -0.25) is 0 Å². The number of halogens is 7. The average Bonchev–Trinajstić information content (AvgIpc) is 2.08. The summed E-state index contributed by atoms with van der Waals surface area (Å²) in [5.41, 5.74) is -4.29. The molecule has 1 aliphatic rings. The summed E-state index contributed by atoms with van der Waals surface area (Å²) >= 11 is 0. The molecule has 0 N–H and O–H groups in total. The van der Waals surface area contributed by atoms with Crippen molar-refractivity contribution in [1.82, 2.24) is 0 Å². The molecule has 1 unspecified atom stereocenters. The van der Waals surface area contributed by atoms with Crippen LogP contribution in [0, 0.1) is 11.3 Å². The van der Waals surface area contributed by atoms with Gasteiger partial charge >= 0.3 is 6.18 Å². The van der Waals surface area contributed by atoms with Gasteiger partial charge in [0.2, 0.25) is 0 Å². The van der Waals surface area contributed by atoms with Gasteiger partial charge in [0, 0.05) is 12.3 Å². The quantitative estimate of drug-likeness (QED) is 0.565. The highest BCUT2D eigenvalue weighted by Gasteiger charge is 2.80. The van der Waals surface area contributed by atoms with Gasteiger partial charge in [0.1, 0.15) is 0 Å². The third kappa shape index (κ3) is 1.43. The molecule has 0 nitrogen and oxygen atoms in total. The molecular formula is C9H11F7. The van der Waals surface area contributed by atoms with E-state index in [1.807, 2.05) is 0 Å². The smallest absolute Gasteiger partial charge is 0.206 e. The molecule has 16 heavy (non-hydrogen) atoms. The molecule has 0 aromatic rings. The molecule has 1 rings (SSSR count). The standard InChI is InChI=1S/C9H11F7/c1-5-3-4-7(10,11)6(2,8(5,12)13)9(14,15)16/h5H,3-4H2,1-2H3/t5-,6?/m0/s1. The van der Waals surface area contributed by atoms with Crippen LogP contribution < -0.4 is 0 Å². The highest BCUT2D eigenvalue weighted by atomic mass is 19.4. The van der Waals surface area contributed by atoms with E-state index in [-0.39, 0.29) is 6.92 Å². The zero-order chi connectivity index (χ0) is 13.0. The van der Waals surface area contributed by atoms with Gasteiger partial charge in [-0.15, -0.1) is 0 Å². The summed E-state index contributed by atoms with van der Waals surface area (Å²) in [5.74, 6) is -10.6. The molecule has 96 valence electrons. The van der Waals surface area contributed by atoms with E-state index >= 15 is 0 Å². The van der Waals surface area contributed by atoms with Crippen molar-refractivity contribution < 1.29 is 30.7 Å². The maximum absolute atomic E-state index is 13.4. The van der Waals surface area contributed by atoms with Crippen LogP contribution in [0.5, 0.6) is 0 Å². The molecule has 0 bridgehead atoms. The number of alkyl halides is 7. The molecule has 7 heteroatoms. The van der Waals surface area contributed by atoms with Crippen molar-refractivity contribution in [1.29, 1.82) is 0 Å². The second-order valence-corrected chi connectivity index (χ2v) is 4.39. The third-order valence-electron chi connectivity index (χ3n) is 3.48. The molecule has 1 saturated carbocycles. The molecule has 0 heterocycles. The fourth-order valence-corrected chi connectivity index (χ4v) is 1.96. The van der Waals surface area contributed by atoms with Crippen LogP contribution >= 0.6 is 0 Å². The minimum Gasteiger partial charge on any atom is -0.206 e. The van der Waals surface area contributed by atoms with Gasteiger partial charge in [0.25, 0.3) is 11.8 Å². The largest absolute Gasteiger partial charge is 0.405 e. The Bertz CT molecular complexity index is 280. The Morgan fingerprint density at radius 3 is 1.81 bits per heavy atom. The van der Waals surface area contributed by atoms with E-state index in [2.05, 4.69) is 0 Å². The zero-order valence-electron chi connectivity index (χ0n) is 8.64. The lowest BCUT2D eigenvalue weighted by Gasteiger charge is -2.49. The zero-order valence-corrected chi connectivity index (χ0v) is 8.64. The molecular weight excluding hydrogens is 241 g/mol. The first-order valence-corrected chi connectivity index (χ1v) is 4.70. The van der Waals surface area contributed by atoms with Crippen molar-refractivity contribution in [2.75, 3.05) is 0 Å². The first kappa shape index (κ1) is 13.6. The molecule has 0 saturated heterocycles. The van der Waals surface area contributed by atoms with Crippen molar-refractivity contribution in [3.05, 3.63) is 0 Å². The maximum Gasteiger partial charge on any atom is 0.405 e. The summed E-state index contributed by atoms with van der Waals surface area (Å²) in [4.78, 5) is 0. The van der Waals surface area contributed by atoms with Crippen LogP contribution in [0.4, 0.5) is 30.7 Å². The lowest BCUT2D eigenvalue weighted by atomic mass is 9.65. The first-order valence-electron chi connectivity index (χ1n) is 4.70. The number of rotatable bonds is 0. The van der Waals surface area contributed by atoms with Crippen molar-refractivity contribution >= 4 is 0 Å². The van der Waals surface area contributed by atoms with E-state index in [4.69, 9.17) is 0 Å². The average molecular weight is 252 g/mol. The topological polar surface area (TPSA) is 0 Å². The van der Waals surface area contributed by atoms with Crippen LogP contribution in [-0.2, 0) is 0 Å². The predicted octanol–water partition coefficient (Wildman–Crippen LogP) is 4.26. The number of hydrogen-bond donors (Lipinski definition) is 0. The van der Waals surface area contributed by atoms with E-state index < -0.39 is 42.2 Å². The summed E-state index contributed by atoms with van der Waals surface area (Å²) < 4.78 is 90.9. The predicted molar refractivity (Wildman–Crippen MR) is 42.5 cm³/mol. The minimum atomic E-state index is -5.64. The Balaban J connectivity index is 3.37. The second-order valence-electron chi connectivity index (χ2n) is 4.39. The van der Waals surface area contributed by atoms with E-state index in [1.165, 1.54) is 0 Å². The van der Waals surface area contributed by atoms with Gasteiger partial charge in [-0.25, -0.2) is 17.6 Å². The lowest BCUT2D eigenvalue weighted by molar-refractivity contribution is -0.384. The highest BCUT2D eigenvalue weighted by molar-refractivity contribution is 5.09. The van der Waals surface area contributed by atoms with Crippen LogP contribution in [-0.4, -0.2) is 18.0 Å². The van der Waals surface area contributed by atoms with Gasteiger partial charge in [-0.1, -0.05) is 6.92 Å². The Labute approximate surface area is 87.8 Å². The molecule has 2 atom stereocenters. The molecule has 1 fully saturated rings. The monoisotopic (exact) mass is 252 g/mol. The molecule has 0 aliphatic heterocycles. The van der Waals surface area contributed by atoms with Crippen LogP contribution in [0.3, 0.4) is 0 Å². The molecule has 0 aromatic carbocycles. The summed E-state index contributed by atoms with van der Waals surface area (Å²) in [6.07, 6.45) is -7.43. The lowest BCUT2D eigenvalue weighted by Crippen LogP contribution is -2.65. The normalized spacial score (nSPS) is 38.4. The van der Waals surface area contributed by atoms with E-state index in [1.54, 1.807) is 0 Å². The summed E-state index contributed by atoms with van der Waals surface area (Å²) in [5, 5.41) is 0. The molecule has 0 spiro atoms. The first-order chi connectivity index (χ1) is 6.88. The van der Waals surface area contributed by atoms with Crippen molar-refractivity contribution in [3.63, 3.8) is 0 Å². The SMILES string of the molecule is C[C@H]1CCC(F)(F)C(C)(C(F)(F)F)C1(F)F.